The van der Waals surface area contributed by atoms with Crippen molar-refractivity contribution in [1.82, 2.24) is 4.90 Å². The van der Waals surface area contributed by atoms with E-state index in [1.54, 1.807) is 18.3 Å². The van der Waals surface area contributed by atoms with Gasteiger partial charge in [0.2, 0.25) is 0 Å². The van der Waals surface area contributed by atoms with Gasteiger partial charge in [-0.2, -0.15) is 0 Å². The fraction of sp³-hybridized carbons (Fsp3) is 0.353. The third kappa shape index (κ3) is 2.54. The van der Waals surface area contributed by atoms with Gasteiger partial charge in [0, 0.05) is 18.5 Å². The number of amides is 1. The Morgan fingerprint density at radius 2 is 2.27 bits per heavy atom. The molecule has 1 aromatic carbocycles. The Kier molecular flexibility index (Phi) is 4.04. The number of fused-ring (bicyclic) bond motifs is 1. The number of rotatable bonds is 3. The molecular formula is C17H19NO4. The van der Waals surface area contributed by atoms with E-state index in [-0.39, 0.29) is 6.09 Å². The number of nitrogens with zero attached hydrogens (tertiary/aromatic N) is 1. The molecule has 3 rings (SSSR count). The lowest BCUT2D eigenvalue weighted by Crippen LogP contribution is -2.35. The summed E-state index contributed by atoms with van der Waals surface area (Å²) in [6, 6.07) is 5.87. The van der Waals surface area contributed by atoms with Crippen molar-refractivity contribution in [3.05, 3.63) is 36.3 Å². The molecule has 0 spiro atoms. The van der Waals surface area contributed by atoms with Crippen LogP contribution >= 0.6 is 0 Å². The summed E-state index contributed by atoms with van der Waals surface area (Å²) < 4.78 is 16.2. The number of carbonyl (C=O) groups excluding carboxylic acids is 1. The molecule has 1 aliphatic heterocycles. The van der Waals surface area contributed by atoms with Gasteiger partial charge in [0.15, 0.2) is 0 Å². The van der Waals surface area contributed by atoms with Crippen molar-refractivity contribution < 1.29 is 18.7 Å². The Hall–Kier alpha value is -2.43. The highest BCUT2D eigenvalue weighted by atomic mass is 16.6. The number of benzene rings is 1. The van der Waals surface area contributed by atoms with Crippen molar-refractivity contribution in [2.75, 3.05) is 26.8 Å². The van der Waals surface area contributed by atoms with Crippen LogP contribution in [0, 0.1) is 0 Å². The Balaban J connectivity index is 1.88. The molecule has 22 heavy (non-hydrogen) atoms. The van der Waals surface area contributed by atoms with Crippen LogP contribution in [-0.4, -0.2) is 37.8 Å². The summed E-state index contributed by atoms with van der Waals surface area (Å²) in [4.78, 5) is 13.4. The van der Waals surface area contributed by atoms with Crippen LogP contribution in [0.5, 0.6) is 5.75 Å². The van der Waals surface area contributed by atoms with E-state index >= 15 is 0 Å². The molecule has 0 atom stereocenters. The van der Waals surface area contributed by atoms with Gasteiger partial charge in [-0.1, -0.05) is 18.2 Å². The molecule has 5 nitrogen and oxygen atoms in total. The summed E-state index contributed by atoms with van der Waals surface area (Å²) in [5.41, 5.74) is 1.10. The first-order valence-corrected chi connectivity index (χ1v) is 7.40. The summed E-state index contributed by atoms with van der Waals surface area (Å²) in [7, 11) is 1.66. The van der Waals surface area contributed by atoms with Crippen molar-refractivity contribution in [1.29, 1.82) is 0 Å². The maximum absolute atomic E-state index is 11.7. The standard InChI is InChI=1S/C17H19NO4/c1-3-21-17(19)18-9-7-12(8-10-18)16-15-13(11-22-16)5-4-6-14(15)20-2/h4-7,11H,3,8-10H2,1-2H3. The molecule has 2 aromatic rings. The molecule has 0 bridgehead atoms. The van der Waals surface area contributed by atoms with Gasteiger partial charge < -0.3 is 18.8 Å². The fourth-order valence-corrected chi connectivity index (χ4v) is 2.73. The second-order valence-electron chi connectivity index (χ2n) is 5.11. The van der Waals surface area contributed by atoms with E-state index < -0.39 is 0 Å². The largest absolute Gasteiger partial charge is 0.496 e. The Morgan fingerprint density at radius 1 is 1.41 bits per heavy atom. The molecule has 0 aliphatic carbocycles. The van der Waals surface area contributed by atoms with Crippen molar-refractivity contribution >= 4 is 22.4 Å². The average molecular weight is 301 g/mol. The predicted molar refractivity (Wildman–Crippen MR) is 84.0 cm³/mol. The number of carbonyl (C=O) groups is 1. The van der Waals surface area contributed by atoms with Crippen LogP contribution in [-0.2, 0) is 4.74 Å². The van der Waals surface area contributed by atoms with Crippen LogP contribution in [0.3, 0.4) is 0 Å². The van der Waals surface area contributed by atoms with Gasteiger partial charge in [-0.15, -0.1) is 0 Å². The van der Waals surface area contributed by atoms with E-state index in [2.05, 4.69) is 0 Å². The Morgan fingerprint density at radius 3 is 2.95 bits per heavy atom. The van der Waals surface area contributed by atoms with Gasteiger partial charge in [0.05, 0.1) is 25.4 Å². The highest BCUT2D eigenvalue weighted by molar-refractivity contribution is 5.96. The van der Waals surface area contributed by atoms with Gasteiger partial charge in [0.1, 0.15) is 11.5 Å². The van der Waals surface area contributed by atoms with E-state index in [0.29, 0.717) is 19.7 Å². The van der Waals surface area contributed by atoms with Gasteiger partial charge in [-0.25, -0.2) is 4.79 Å². The molecule has 2 heterocycles. The molecule has 0 radical (unpaired) electrons. The summed E-state index contributed by atoms with van der Waals surface area (Å²) in [5, 5.41) is 2.00. The molecule has 1 aromatic heterocycles. The summed E-state index contributed by atoms with van der Waals surface area (Å²) in [5.74, 6) is 1.63. The monoisotopic (exact) mass is 301 g/mol. The van der Waals surface area contributed by atoms with Gasteiger partial charge in [-0.05, 0) is 25.0 Å². The number of furan rings is 1. The first kappa shape index (κ1) is 14.5. The minimum Gasteiger partial charge on any atom is -0.496 e. The minimum absolute atomic E-state index is 0.264. The predicted octanol–water partition coefficient (Wildman–Crippen LogP) is 3.69. The quantitative estimate of drug-likeness (QED) is 0.867. The number of ether oxygens (including phenoxy) is 2. The smallest absolute Gasteiger partial charge is 0.410 e. The third-order valence-electron chi connectivity index (χ3n) is 3.84. The maximum atomic E-state index is 11.7. The Labute approximate surface area is 129 Å². The Bertz CT molecular complexity index is 717. The van der Waals surface area contributed by atoms with Crippen LogP contribution in [0.15, 0.2) is 35.0 Å². The highest BCUT2D eigenvalue weighted by Crippen LogP contribution is 2.36. The average Bonchev–Trinajstić information content (AvgIpc) is 2.99. The van der Waals surface area contributed by atoms with Gasteiger partial charge in [-0.3, -0.25) is 0 Å². The van der Waals surface area contributed by atoms with Gasteiger partial charge in [0.25, 0.3) is 0 Å². The molecule has 5 heteroatoms. The number of hydrogen-bond donors (Lipinski definition) is 0. The summed E-state index contributed by atoms with van der Waals surface area (Å²) in [6.07, 6.45) is 4.23. The maximum Gasteiger partial charge on any atom is 0.410 e. The molecule has 0 fully saturated rings. The molecule has 1 amide bonds. The molecule has 0 unspecified atom stereocenters. The van der Waals surface area contributed by atoms with E-state index in [9.17, 15) is 4.79 Å². The van der Waals surface area contributed by atoms with Crippen LogP contribution in [0.2, 0.25) is 0 Å². The summed E-state index contributed by atoms with van der Waals surface area (Å²) in [6.45, 7) is 3.36. The van der Waals surface area contributed by atoms with E-state index in [1.165, 1.54) is 0 Å². The van der Waals surface area contributed by atoms with E-state index in [1.807, 2.05) is 31.2 Å². The van der Waals surface area contributed by atoms with Crippen molar-refractivity contribution in [3.63, 3.8) is 0 Å². The molecule has 1 aliphatic rings. The lowest BCUT2D eigenvalue weighted by Gasteiger charge is -2.25. The topological polar surface area (TPSA) is 51.9 Å². The SMILES string of the molecule is CCOC(=O)N1CC=C(c2occ3cccc(OC)c23)CC1. The normalized spacial score (nSPS) is 14.8. The number of methoxy groups -OCH3 is 1. The molecule has 0 saturated carbocycles. The van der Waals surface area contributed by atoms with Crippen molar-refractivity contribution in [2.24, 2.45) is 0 Å². The van der Waals surface area contributed by atoms with E-state index in [4.69, 9.17) is 13.9 Å². The lowest BCUT2D eigenvalue weighted by atomic mass is 10.0. The van der Waals surface area contributed by atoms with Crippen LogP contribution in [0.4, 0.5) is 4.79 Å². The van der Waals surface area contributed by atoms with Crippen molar-refractivity contribution in [2.45, 2.75) is 13.3 Å². The van der Waals surface area contributed by atoms with Crippen LogP contribution in [0.1, 0.15) is 19.1 Å². The minimum atomic E-state index is -0.264. The number of hydrogen-bond acceptors (Lipinski definition) is 4. The molecular weight excluding hydrogens is 282 g/mol. The first-order valence-electron chi connectivity index (χ1n) is 7.40. The third-order valence-corrected chi connectivity index (χ3v) is 3.84. The summed E-state index contributed by atoms with van der Waals surface area (Å²) >= 11 is 0. The van der Waals surface area contributed by atoms with E-state index in [0.717, 1.165) is 34.3 Å². The molecule has 116 valence electrons. The van der Waals surface area contributed by atoms with Crippen molar-refractivity contribution in [3.8, 4) is 5.75 Å². The fourth-order valence-electron chi connectivity index (χ4n) is 2.73. The zero-order valence-corrected chi connectivity index (χ0v) is 12.8. The lowest BCUT2D eigenvalue weighted by molar-refractivity contribution is 0.111. The van der Waals surface area contributed by atoms with Crippen LogP contribution < -0.4 is 4.74 Å². The molecule has 0 N–H and O–H groups in total. The van der Waals surface area contributed by atoms with Gasteiger partial charge >= 0.3 is 6.09 Å². The zero-order valence-electron chi connectivity index (χ0n) is 12.8. The highest BCUT2D eigenvalue weighted by Gasteiger charge is 2.22. The first-order chi connectivity index (χ1) is 10.7. The molecule has 0 saturated heterocycles. The zero-order chi connectivity index (χ0) is 15.5. The van der Waals surface area contributed by atoms with Crippen LogP contribution in [0.25, 0.3) is 16.3 Å². The second-order valence-corrected chi connectivity index (χ2v) is 5.11. The second kappa shape index (κ2) is 6.13.